The molecule has 0 fully saturated rings. The van der Waals surface area contributed by atoms with E-state index in [-0.39, 0.29) is 5.92 Å². The van der Waals surface area contributed by atoms with Gasteiger partial charge in [-0.1, -0.05) is 45.9 Å². The lowest BCUT2D eigenvalue weighted by Gasteiger charge is -2.15. The van der Waals surface area contributed by atoms with Crippen molar-refractivity contribution in [2.45, 2.75) is 39.5 Å². The largest absolute Gasteiger partial charge is 0.463 e. The Balaban J connectivity index is 3.28. The monoisotopic (exact) mass is 248 g/mol. The van der Waals surface area contributed by atoms with Gasteiger partial charge in [0.05, 0.1) is 7.11 Å². The van der Waals surface area contributed by atoms with E-state index in [9.17, 15) is 9.59 Å². The lowest BCUT2D eigenvalue weighted by Crippen LogP contribution is -2.18. The third-order valence-electron chi connectivity index (χ3n) is 2.98. The molecule has 0 saturated carbocycles. The smallest absolute Gasteiger partial charge is 0.379 e. The van der Waals surface area contributed by atoms with Gasteiger partial charge in [-0.05, 0) is 23.0 Å². The molecule has 98 valence electrons. The zero-order chi connectivity index (χ0) is 13.9. The van der Waals surface area contributed by atoms with Crippen molar-refractivity contribution in [1.29, 1.82) is 0 Å². The van der Waals surface area contributed by atoms with Crippen molar-refractivity contribution in [2.75, 3.05) is 7.11 Å². The molecule has 0 atom stereocenters. The van der Waals surface area contributed by atoms with Crippen LogP contribution in [0.15, 0.2) is 18.2 Å². The molecule has 1 rings (SSSR count). The van der Waals surface area contributed by atoms with Gasteiger partial charge in [0.25, 0.3) is 5.78 Å². The first kappa shape index (κ1) is 14.4. The molecule has 18 heavy (non-hydrogen) atoms. The number of Topliss-reactive ketones (excluding diaryl/α,β-unsaturated/α-hetero) is 1. The summed E-state index contributed by atoms with van der Waals surface area (Å²) in [6, 6.07) is 5.63. The molecule has 0 bridgehead atoms. The molecule has 0 saturated heterocycles. The molecule has 3 heteroatoms. The minimum atomic E-state index is -0.811. The number of benzene rings is 1. The molecule has 0 aliphatic rings. The van der Waals surface area contributed by atoms with Crippen LogP contribution in [0.25, 0.3) is 0 Å². The number of carbonyl (C=O) groups is 2. The van der Waals surface area contributed by atoms with Gasteiger partial charge in [-0.2, -0.15) is 0 Å². The first-order chi connectivity index (χ1) is 8.38. The molecule has 1 aromatic carbocycles. The first-order valence-electron chi connectivity index (χ1n) is 6.15. The van der Waals surface area contributed by atoms with Crippen molar-refractivity contribution in [1.82, 2.24) is 0 Å². The Kier molecular flexibility index (Phi) is 4.65. The molecule has 0 aromatic heterocycles. The molecular weight excluding hydrogens is 228 g/mol. The summed E-state index contributed by atoms with van der Waals surface area (Å²) in [5.41, 5.74) is 2.51. The summed E-state index contributed by atoms with van der Waals surface area (Å²) >= 11 is 0. The van der Waals surface area contributed by atoms with Crippen LogP contribution in [-0.4, -0.2) is 18.9 Å². The van der Waals surface area contributed by atoms with E-state index < -0.39 is 11.8 Å². The molecule has 0 N–H and O–H groups in total. The average molecular weight is 248 g/mol. The number of carbonyl (C=O) groups excluding carboxylic acids is 2. The number of ketones is 1. The Labute approximate surface area is 108 Å². The third kappa shape index (κ3) is 2.97. The molecular formula is C15H20O3. The van der Waals surface area contributed by atoms with Crippen molar-refractivity contribution in [2.24, 2.45) is 0 Å². The highest BCUT2D eigenvalue weighted by Crippen LogP contribution is 2.25. The maximum absolute atomic E-state index is 11.9. The van der Waals surface area contributed by atoms with Gasteiger partial charge in [0, 0.05) is 5.56 Å². The van der Waals surface area contributed by atoms with Crippen molar-refractivity contribution < 1.29 is 14.3 Å². The van der Waals surface area contributed by atoms with Crippen LogP contribution in [-0.2, 0) is 9.53 Å². The Morgan fingerprint density at radius 2 is 1.67 bits per heavy atom. The van der Waals surface area contributed by atoms with Crippen molar-refractivity contribution in [3.63, 3.8) is 0 Å². The highest BCUT2D eigenvalue weighted by molar-refractivity contribution is 6.41. The topological polar surface area (TPSA) is 43.4 Å². The van der Waals surface area contributed by atoms with Gasteiger partial charge in [0.2, 0.25) is 0 Å². The van der Waals surface area contributed by atoms with Gasteiger partial charge in [-0.3, -0.25) is 4.79 Å². The normalized spacial score (nSPS) is 10.8. The SMILES string of the molecule is COC(=O)C(=O)c1ccc(C(C)C)cc1C(C)C. The zero-order valence-electron chi connectivity index (χ0n) is 11.6. The Bertz CT molecular complexity index is 459. The molecule has 0 aliphatic heterocycles. The van der Waals surface area contributed by atoms with Gasteiger partial charge < -0.3 is 4.74 Å². The van der Waals surface area contributed by atoms with Crippen LogP contribution in [0.1, 0.15) is 61.0 Å². The second-order valence-electron chi connectivity index (χ2n) is 4.98. The molecule has 3 nitrogen and oxygen atoms in total. The van der Waals surface area contributed by atoms with E-state index in [0.717, 1.165) is 5.56 Å². The van der Waals surface area contributed by atoms with Crippen LogP contribution in [0, 0.1) is 0 Å². The van der Waals surface area contributed by atoms with E-state index in [2.05, 4.69) is 18.6 Å². The van der Waals surface area contributed by atoms with Gasteiger partial charge in [-0.25, -0.2) is 4.79 Å². The maximum atomic E-state index is 11.9. The Morgan fingerprint density at radius 1 is 1.06 bits per heavy atom. The number of ether oxygens (including phenoxy) is 1. The lowest BCUT2D eigenvalue weighted by atomic mass is 9.90. The number of esters is 1. The molecule has 0 heterocycles. The van der Waals surface area contributed by atoms with E-state index in [0.29, 0.717) is 11.5 Å². The summed E-state index contributed by atoms with van der Waals surface area (Å²) in [7, 11) is 1.22. The van der Waals surface area contributed by atoms with Crippen LogP contribution < -0.4 is 0 Å². The van der Waals surface area contributed by atoms with Crippen molar-refractivity contribution >= 4 is 11.8 Å². The van der Waals surface area contributed by atoms with Gasteiger partial charge in [0.15, 0.2) is 0 Å². The third-order valence-corrected chi connectivity index (χ3v) is 2.98. The molecule has 0 radical (unpaired) electrons. The van der Waals surface area contributed by atoms with Gasteiger partial charge >= 0.3 is 5.97 Å². The molecule has 0 unspecified atom stereocenters. The van der Waals surface area contributed by atoms with Gasteiger partial charge in [0.1, 0.15) is 0 Å². The van der Waals surface area contributed by atoms with Crippen LogP contribution in [0.4, 0.5) is 0 Å². The molecule has 0 amide bonds. The summed E-state index contributed by atoms with van der Waals surface area (Å²) in [6.07, 6.45) is 0. The van der Waals surface area contributed by atoms with Crippen LogP contribution >= 0.6 is 0 Å². The highest BCUT2D eigenvalue weighted by atomic mass is 16.5. The zero-order valence-corrected chi connectivity index (χ0v) is 11.6. The van der Waals surface area contributed by atoms with E-state index in [1.165, 1.54) is 12.7 Å². The fourth-order valence-electron chi connectivity index (χ4n) is 1.83. The predicted octanol–water partition coefficient (Wildman–Crippen LogP) is 3.29. The van der Waals surface area contributed by atoms with Crippen LogP contribution in [0.2, 0.25) is 0 Å². The van der Waals surface area contributed by atoms with Crippen LogP contribution in [0.5, 0.6) is 0 Å². The Morgan fingerprint density at radius 3 is 2.11 bits per heavy atom. The van der Waals surface area contributed by atoms with Crippen molar-refractivity contribution in [3.8, 4) is 0 Å². The minimum absolute atomic E-state index is 0.187. The fourth-order valence-corrected chi connectivity index (χ4v) is 1.83. The summed E-state index contributed by atoms with van der Waals surface area (Å²) in [5.74, 6) is -0.803. The first-order valence-corrected chi connectivity index (χ1v) is 6.15. The minimum Gasteiger partial charge on any atom is -0.463 e. The number of hydrogen-bond donors (Lipinski definition) is 0. The molecule has 0 spiro atoms. The maximum Gasteiger partial charge on any atom is 0.379 e. The fraction of sp³-hybridized carbons (Fsp3) is 0.467. The molecule has 1 aromatic rings. The summed E-state index contributed by atoms with van der Waals surface area (Å²) in [4.78, 5) is 23.2. The van der Waals surface area contributed by atoms with Crippen molar-refractivity contribution in [3.05, 3.63) is 34.9 Å². The quantitative estimate of drug-likeness (QED) is 0.466. The summed E-state index contributed by atoms with van der Waals surface area (Å²) < 4.78 is 4.49. The second-order valence-corrected chi connectivity index (χ2v) is 4.98. The second kappa shape index (κ2) is 5.80. The van der Waals surface area contributed by atoms with E-state index >= 15 is 0 Å². The Hall–Kier alpha value is -1.64. The average Bonchev–Trinajstić information content (AvgIpc) is 2.35. The summed E-state index contributed by atoms with van der Waals surface area (Å²) in [5, 5.41) is 0. The van der Waals surface area contributed by atoms with E-state index in [1.807, 2.05) is 26.0 Å². The van der Waals surface area contributed by atoms with Gasteiger partial charge in [-0.15, -0.1) is 0 Å². The van der Waals surface area contributed by atoms with E-state index in [4.69, 9.17) is 0 Å². The standard InChI is InChI=1S/C15H20O3/c1-9(2)11-6-7-12(13(8-11)10(3)4)14(16)15(17)18-5/h6-10H,1-5H3. The van der Waals surface area contributed by atoms with E-state index in [1.54, 1.807) is 6.07 Å². The highest BCUT2D eigenvalue weighted by Gasteiger charge is 2.21. The number of hydrogen-bond acceptors (Lipinski definition) is 3. The van der Waals surface area contributed by atoms with Crippen LogP contribution in [0.3, 0.4) is 0 Å². The molecule has 0 aliphatic carbocycles. The lowest BCUT2D eigenvalue weighted by molar-refractivity contribution is -0.135. The number of rotatable bonds is 4. The summed E-state index contributed by atoms with van der Waals surface area (Å²) in [6.45, 7) is 8.21. The predicted molar refractivity (Wildman–Crippen MR) is 71.0 cm³/mol. The number of methoxy groups -OCH3 is 1.